The topological polar surface area (TPSA) is 91.4 Å². The van der Waals surface area contributed by atoms with Gasteiger partial charge in [0, 0.05) is 24.9 Å². The quantitative estimate of drug-likeness (QED) is 0.481. The van der Waals surface area contributed by atoms with Crippen LogP contribution in [0.4, 0.5) is 5.69 Å². The summed E-state index contributed by atoms with van der Waals surface area (Å²) in [6, 6.07) is 4.08. The second kappa shape index (κ2) is 6.38. The van der Waals surface area contributed by atoms with Crippen molar-refractivity contribution in [2.75, 3.05) is 7.11 Å². The largest absolute Gasteiger partial charge is 0.465 e. The summed E-state index contributed by atoms with van der Waals surface area (Å²) in [7, 11) is 1.19. The number of hydrogen-bond donors (Lipinski definition) is 0. The van der Waals surface area contributed by atoms with Gasteiger partial charge in [-0.3, -0.25) is 14.9 Å². The van der Waals surface area contributed by atoms with Gasteiger partial charge < -0.3 is 9.30 Å². The Balaban J connectivity index is 2.77. The van der Waals surface area contributed by atoms with E-state index in [1.54, 1.807) is 4.57 Å². The Kier molecular flexibility index (Phi) is 4.55. The summed E-state index contributed by atoms with van der Waals surface area (Å²) >= 11 is 0. The van der Waals surface area contributed by atoms with Crippen LogP contribution in [0.25, 0.3) is 10.9 Å². The summed E-state index contributed by atoms with van der Waals surface area (Å²) in [6.45, 7) is 2.63. The molecule has 116 valence electrons. The second-order valence-electron chi connectivity index (χ2n) is 4.87. The van der Waals surface area contributed by atoms with Gasteiger partial charge in [0.25, 0.3) is 5.69 Å². The first kappa shape index (κ1) is 15.7. The molecule has 0 fully saturated rings. The number of aryl methyl sites for hydroxylation is 1. The predicted octanol–water partition coefficient (Wildman–Crippen LogP) is 2.50. The number of pyridine rings is 1. The summed E-state index contributed by atoms with van der Waals surface area (Å²) in [5, 5.41) is 11.0. The minimum atomic E-state index is -0.747. The van der Waals surface area contributed by atoms with E-state index in [0.717, 1.165) is 12.8 Å². The normalized spacial score (nSPS) is 10.6. The number of carbonyl (C=O) groups excluding carboxylic acids is 1. The summed E-state index contributed by atoms with van der Waals surface area (Å²) in [4.78, 5) is 34.5. The molecule has 7 heteroatoms. The zero-order valence-electron chi connectivity index (χ0n) is 12.4. The van der Waals surface area contributed by atoms with Gasteiger partial charge in [0.2, 0.25) is 5.43 Å². The fraction of sp³-hybridized carbons (Fsp3) is 0.333. The molecule has 22 heavy (non-hydrogen) atoms. The number of nitrogens with zero attached hydrogens (tertiary/aromatic N) is 2. The van der Waals surface area contributed by atoms with Gasteiger partial charge in [0.15, 0.2) is 0 Å². The number of esters is 1. The zero-order valence-corrected chi connectivity index (χ0v) is 12.4. The van der Waals surface area contributed by atoms with Crippen LogP contribution in [-0.2, 0) is 11.3 Å². The fourth-order valence-electron chi connectivity index (χ4n) is 2.27. The summed E-state index contributed by atoms with van der Waals surface area (Å²) in [6.07, 6.45) is 3.25. The molecule has 0 unspecified atom stereocenters. The lowest BCUT2D eigenvalue weighted by Gasteiger charge is -2.12. The number of rotatable bonds is 5. The van der Waals surface area contributed by atoms with Gasteiger partial charge in [-0.15, -0.1) is 0 Å². The highest BCUT2D eigenvalue weighted by Crippen LogP contribution is 2.20. The molecule has 0 aliphatic carbocycles. The molecule has 0 aliphatic rings. The molecule has 7 nitrogen and oxygen atoms in total. The average Bonchev–Trinajstić information content (AvgIpc) is 2.53. The smallest absolute Gasteiger partial charge is 0.343 e. The average molecular weight is 304 g/mol. The molecule has 2 rings (SSSR count). The fourth-order valence-corrected chi connectivity index (χ4v) is 2.27. The van der Waals surface area contributed by atoms with Crippen molar-refractivity contribution in [3.05, 3.63) is 50.3 Å². The molecular weight excluding hydrogens is 288 g/mol. The van der Waals surface area contributed by atoms with Gasteiger partial charge in [-0.1, -0.05) is 13.3 Å². The number of aromatic nitrogens is 1. The number of fused-ring (bicyclic) bond motifs is 1. The van der Waals surface area contributed by atoms with E-state index in [9.17, 15) is 19.7 Å². The molecule has 0 bridgehead atoms. The van der Waals surface area contributed by atoms with Crippen LogP contribution in [0.2, 0.25) is 0 Å². The van der Waals surface area contributed by atoms with Crippen LogP contribution >= 0.6 is 0 Å². The molecular formula is C15H16N2O5. The number of hydrogen-bond acceptors (Lipinski definition) is 5. The van der Waals surface area contributed by atoms with Crippen molar-refractivity contribution in [2.24, 2.45) is 0 Å². The summed E-state index contributed by atoms with van der Waals surface area (Å²) in [5.74, 6) is -0.747. The Morgan fingerprint density at radius 2 is 2.14 bits per heavy atom. The lowest BCUT2D eigenvalue weighted by Crippen LogP contribution is -2.20. The van der Waals surface area contributed by atoms with E-state index in [1.165, 1.54) is 31.5 Å². The van der Waals surface area contributed by atoms with E-state index >= 15 is 0 Å². The van der Waals surface area contributed by atoms with Crippen LogP contribution in [0.5, 0.6) is 0 Å². The molecule has 0 saturated heterocycles. The Bertz CT molecular complexity index is 794. The van der Waals surface area contributed by atoms with Crippen LogP contribution in [0.1, 0.15) is 30.1 Å². The number of benzene rings is 1. The Labute approximate surface area is 126 Å². The highest BCUT2D eigenvalue weighted by molar-refractivity contribution is 5.94. The molecule has 0 radical (unpaired) electrons. The van der Waals surface area contributed by atoms with E-state index in [1.807, 2.05) is 6.92 Å². The second-order valence-corrected chi connectivity index (χ2v) is 4.87. The van der Waals surface area contributed by atoms with E-state index in [2.05, 4.69) is 4.74 Å². The van der Waals surface area contributed by atoms with Crippen molar-refractivity contribution in [1.82, 2.24) is 4.57 Å². The number of ether oxygens (including phenoxy) is 1. The van der Waals surface area contributed by atoms with Crippen molar-refractivity contribution < 1.29 is 14.5 Å². The van der Waals surface area contributed by atoms with Gasteiger partial charge in [-0.25, -0.2) is 4.79 Å². The molecule has 0 atom stereocenters. The monoisotopic (exact) mass is 304 g/mol. The molecule has 0 spiro atoms. The predicted molar refractivity (Wildman–Crippen MR) is 81.1 cm³/mol. The van der Waals surface area contributed by atoms with E-state index in [0.29, 0.717) is 12.1 Å². The third-order valence-corrected chi connectivity index (χ3v) is 3.43. The first-order chi connectivity index (χ1) is 10.5. The van der Waals surface area contributed by atoms with Crippen molar-refractivity contribution in [3.63, 3.8) is 0 Å². The van der Waals surface area contributed by atoms with Crippen LogP contribution in [0, 0.1) is 10.1 Å². The molecule has 0 aliphatic heterocycles. The lowest BCUT2D eigenvalue weighted by molar-refractivity contribution is -0.384. The maximum absolute atomic E-state index is 12.4. The van der Waals surface area contributed by atoms with Crippen LogP contribution < -0.4 is 5.43 Å². The van der Waals surface area contributed by atoms with E-state index in [4.69, 9.17) is 0 Å². The van der Waals surface area contributed by atoms with Gasteiger partial charge >= 0.3 is 5.97 Å². The highest BCUT2D eigenvalue weighted by Gasteiger charge is 2.18. The molecule has 1 aromatic heterocycles. The number of non-ortho nitro benzene ring substituents is 1. The zero-order chi connectivity index (χ0) is 16.3. The van der Waals surface area contributed by atoms with Crippen molar-refractivity contribution in [3.8, 4) is 0 Å². The number of carbonyl (C=O) groups is 1. The Hall–Kier alpha value is -2.70. The third kappa shape index (κ3) is 2.83. The lowest BCUT2D eigenvalue weighted by atomic mass is 10.1. The maximum Gasteiger partial charge on any atom is 0.343 e. The number of methoxy groups -OCH3 is 1. The number of unbranched alkanes of at least 4 members (excludes halogenated alkanes) is 1. The van der Waals surface area contributed by atoms with Crippen molar-refractivity contribution in [1.29, 1.82) is 0 Å². The number of nitro benzene ring substituents is 1. The van der Waals surface area contributed by atoms with Gasteiger partial charge in [0.1, 0.15) is 5.56 Å². The van der Waals surface area contributed by atoms with Crippen LogP contribution in [-0.4, -0.2) is 22.6 Å². The first-order valence-corrected chi connectivity index (χ1v) is 6.89. The SMILES string of the molecule is CCCCn1cc(C(=O)OC)c(=O)c2cc([N+](=O)[O-])ccc21. The van der Waals surface area contributed by atoms with E-state index in [-0.39, 0.29) is 16.6 Å². The van der Waals surface area contributed by atoms with Crippen molar-refractivity contribution in [2.45, 2.75) is 26.3 Å². The van der Waals surface area contributed by atoms with Crippen LogP contribution in [0.15, 0.2) is 29.2 Å². The summed E-state index contributed by atoms with van der Waals surface area (Å²) in [5.41, 5.74) is -0.296. The summed E-state index contributed by atoms with van der Waals surface area (Å²) < 4.78 is 6.38. The first-order valence-electron chi connectivity index (χ1n) is 6.89. The van der Waals surface area contributed by atoms with Crippen molar-refractivity contribution >= 4 is 22.6 Å². The highest BCUT2D eigenvalue weighted by atomic mass is 16.6. The van der Waals surface area contributed by atoms with Crippen LogP contribution in [0.3, 0.4) is 0 Å². The molecule has 2 aromatic rings. The van der Waals surface area contributed by atoms with Gasteiger partial charge in [0.05, 0.1) is 22.9 Å². The Morgan fingerprint density at radius 1 is 1.41 bits per heavy atom. The third-order valence-electron chi connectivity index (χ3n) is 3.43. The van der Waals surface area contributed by atoms with Gasteiger partial charge in [-0.05, 0) is 12.5 Å². The minimum Gasteiger partial charge on any atom is -0.465 e. The number of nitro groups is 1. The molecule has 0 saturated carbocycles. The minimum absolute atomic E-state index is 0.119. The van der Waals surface area contributed by atoms with Gasteiger partial charge in [-0.2, -0.15) is 0 Å². The molecule has 1 aromatic carbocycles. The molecule has 0 N–H and O–H groups in total. The Morgan fingerprint density at radius 3 is 2.73 bits per heavy atom. The maximum atomic E-state index is 12.4. The molecule has 0 amide bonds. The standard InChI is InChI=1S/C15H16N2O5/c1-3-4-7-16-9-12(15(19)22-2)14(18)11-8-10(17(20)21)5-6-13(11)16/h5-6,8-9H,3-4,7H2,1-2H3. The molecule has 1 heterocycles. The van der Waals surface area contributed by atoms with E-state index < -0.39 is 16.3 Å².